The Morgan fingerprint density at radius 3 is 1.86 bits per heavy atom. The molecule has 2 aromatic rings. The quantitative estimate of drug-likeness (QED) is 0.572. The molecule has 0 aromatic heterocycles. The largest absolute Gasteiger partial charge is 0.412 e. The maximum Gasteiger partial charge on any atom is 0.162 e. The van der Waals surface area contributed by atoms with Gasteiger partial charge in [0.2, 0.25) is 0 Å². The number of hydrogen-bond acceptors (Lipinski definition) is 2. The lowest BCUT2D eigenvalue weighted by molar-refractivity contribution is 0.0984. The molecule has 2 rings (SSSR count). The molecule has 0 atom stereocenters. The van der Waals surface area contributed by atoms with Crippen LogP contribution in [-0.2, 0) is 6.42 Å². The van der Waals surface area contributed by atoms with Gasteiger partial charge in [0, 0.05) is 17.5 Å². The van der Waals surface area contributed by atoms with Crippen LogP contribution in [0, 0.1) is 20.8 Å². The van der Waals surface area contributed by atoms with Crippen molar-refractivity contribution in [2.45, 2.75) is 75.2 Å². The van der Waals surface area contributed by atoms with E-state index in [4.69, 9.17) is 0 Å². The average molecular weight is 387 g/mol. The SMILES string of the molecule is CC.CC.CCC(=O)c1cc(C)c(C)cc1Cc1cccc(C(C)=O)c1C.O. The van der Waals surface area contributed by atoms with Crippen molar-refractivity contribution in [1.82, 2.24) is 0 Å². The molecule has 0 amide bonds. The van der Waals surface area contributed by atoms with Crippen LogP contribution in [0.5, 0.6) is 0 Å². The second kappa shape index (κ2) is 13.8. The Hall–Kier alpha value is -2.26. The van der Waals surface area contributed by atoms with Gasteiger partial charge in [0.05, 0.1) is 0 Å². The molecule has 0 radical (unpaired) electrons. The van der Waals surface area contributed by atoms with E-state index < -0.39 is 0 Å². The summed E-state index contributed by atoms with van der Waals surface area (Å²) >= 11 is 0. The van der Waals surface area contributed by atoms with E-state index in [1.165, 1.54) is 5.56 Å². The Labute approximate surface area is 171 Å². The minimum atomic E-state index is 0. The Balaban J connectivity index is 0. The van der Waals surface area contributed by atoms with E-state index in [2.05, 4.69) is 13.0 Å². The summed E-state index contributed by atoms with van der Waals surface area (Å²) in [6.45, 7) is 17.6. The van der Waals surface area contributed by atoms with E-state index in [0.717, 1.165) is 33.4 Å². The number of aryl methyl sites for hydroxylation is 2. The van der Waals surface area contributed by atoms with Gasteiger partial charge in [-0.25, -0.2) is 0 Å². The van der Waals surface area contributed by atoms with Crippen LogP contribution in [0.2, 0.25) is 0 Å². The maximum atomic E-state index is 12.3. The molecule has 0 spiro atoms. The molecule has 3 heteroatoms. The van der Waals surface area contributed by atoms with Crippen LogP contribution in [0.3, 0.4) is 0 Å². The fraction of sp³-hybridized carbons (Fsp3) is 0.440. The number of ketones is 2. The van der Waals surface area contributed by atoms with Gasteiger partial charge in [-0.1, -0.05) is 58.9 Å². The van der Waals surface area contributed by atoms with Crippen LogP contribution in [0.25, 0.3) is 0 Å². The van der Waals surface area contributed by atoms with E-state index in [1.54, 1.807) is 6.92 Å². The monoisotopic (exact) mass is 386 g/mol. The molecule has 0 unspecified atom stereocenters. The van der Waals surface area contributed by atoms with Gasteiger partial charge in [0.25, 0.3) is 0 Å². The van der Waals surface area contributed by atoms with Gasteiger partial charge >= 0.3 is 0 Å². The summed E-state index contributed by atoms with van der Waals surface area (Å²) in [5.74, 6) is 0.248. The van der Waals surface area contributed by atoms with Gasteiger partial charge in [0.15, 0.2) is 11.6 Å². The fourth-order valence-corrected chi connectivity index (χ4v) is 2.93. The van der Waals surface area contributed by atoms with Crippen LogP contribution >= 0.6 is 0 Å². The van der Waals surface area contributed by atoms with Crippen LogP contribution in [0.4, 0.5) is 0 Å². The third-order valence-corrected chi connectivity index (χ3v) is 4.55. The summed E-state index contributed by atoms with van der Waals surface area (Å²) in [5.41, 5.74) is 7.05. The summed E-state index contributed by atoms with van der Waals surface area (Å²) in [5, 5.41) is 0. The van der Waals surface area contributed by atoms with Gasteiger partial charge in [-0.2, -0.15) is 0 Å². The Morgan fingerprint density at radius 1 is 0.821 bits per heavy atom. The van der Waals surface area contributed by atoms with E-state index in [1.807, 2.05) is 72.7 Å². The molecule has 0 saturated carbocycles. The summed E-state index contributed by atoms with van der Waals surface area (Å²) in [7, 11) is 0. The standard InChI is InChI=1S/C21H24O2.2C2H6.H2O/c1-6-21(23)20-11-14(3)13(2)10-18(20)12-17-8-7-9-19(15(17)4)16(5)22;2*1-2;/h7-11H,6,12H2,1-5H3;2*1-2H3;1H2. The Morgan fingerprint density at radius 2 is 1.36 bits per heavy atom. The van der Waals surface area contributed by atoms with Gasteiger partial charge in [0.1, 0.15) is 0 Å². The molecule has 28 heavy (non-hydrogen) atoms. The van der Waals surface area contributed by atoms with Crippen molar-refractivity contribution in [3.63, 3.8) is 0 Å². The zero-order valence-corrected chi connectivity index (χ0v) is 19.1. The molecule has 3 nitrogen and oxygen atoms in total. The van der Waals surface area contributed by atoms with E-state index in [-0.39, 0.29) is 17.0 Å². The lowest BCUT2D eigenvalue weighted by Crippen LogP contribution is -2.07. The second-order valence-electron chi connectivity index (χ2n) is 6.19. The fourth-order valence-electron chi connectivity index (χ4n) is 2.93. The van der Waals surface area contributed by atoms with Gasteiger partial charge < -0.3 is 5.48 Å². The summed E-state index contributed by atoms with van der Waals surface area (Å²) < 4.78 is 0. The second-order valence-corrected chi connectivity index (χ2v) is 6.19. The molecular weight excluding hydrogens is 348 g/mol. The van der Waals surface area contributed by atoms with Crippen LogP contribution < -0.4 is 0 Å². The first-order valence-corrected chi connectivity index (χ1v) is 10.1. The number of carbonyl (C=O) groups is 2. The molecule has 0 aliphatic rings. The van der Waals surface area contributed by atoms with E-state index >= 15 is 0 Å². The highest BCUT2D eigenvalue weighted by Crippen LogP contribution is 2.24. The van der Waals surface area contributed by atoms with Crippen LogP contribution in [0.15, 0.2) is 30.3 Å². The lowest BCUT2D eigenvalue weighted by Gasteiger charge is -2.14. The van der Waals surface area contributed by atoms with E-state index in [0.29, 0.717) is 12.8 Å². The first-order valence-electron chi connectivity index (χ1n) is 10.1. The molecule has 2 aromatic carbocycles. The third kappa shape index (κ3) is 7.05. The predicted octanol–water partition coefficient (Wildman–Crippen LogP) is 6.23. The minimum Gasteiger partial charge on any atom is -0.412 e. The molecule has 0 saturated heterocycles. The summed E-state index contributed by atoms with van der Waals surface area (Å²) in [4.78, 5) is 24.0. The smallest absolute Gasteiger partial charge is 0.162 e. The lowest BCUT2D eigenvalue weighted by atomic mass is 9.89. The number of rotatable bonds is 5. The van der Waals surface area contributed by atoms with E-state index in [9.17, 15) is 9.59 Å². The minimum absolute atomic E-state index is 0. The predicted molar refractivity (Wildman–Crippen MR) is 121 cm³/mol. The molecular formula is C25H38O3. The van der Waals surface area contributed by atoms with Crippen molar-refractivity contribution in [3.8, 4) is 0 Å². The highest BCUT2D eigenvalue weighted by Gasteiger charge is 2.14. The third-order valence-electron chi connectivity index (χ3n) is 4.55. The zero-order valence-electron chi connectivity index (χ0n) is 19.1. The molecule has 0 aliphatic carbocycles. The molecule has 156 valence electrons. The van der Waals surface area contributed by atoms with Crippen molar-refractivity contribution in [2.75, 3.05) is 0 Å². The van der Waals surface area contributed by atoms with Gasteiger partial charge in [-0.3, -0.25) is 9.59 Å². The molecule has 0 heterocycles. The molecule has 0 aliphatic heterocycles. The van der Waals surface area contributed by atoms with Gasteiger partial charge in [-0.05, 0) is 68.0 Å². The van der Waals surface area contributed by atoms with Crippen molar-refractivity contribution >= 4 is 11.6 Å². The summed E-state index contributed by atoms with van der Waals surface area (Å²) in [6.07, 6.45) is 1.18. The zero-order chi connectivity index (χ0) is 21.1. The first-order chi connectivity index (χ1) is 12.8. The van der Waals surface area contributed by atoms with Crippen molar-refractivity contribution in [2.24, 2.45) is 0 Å². The molecule has 2 N–H and O–H groups in total. The van der Waals surface area contributed by atoms with Crippen LogP contribution in [0.1, 0.15) is 96.5 Å². The van der Waals surface area contributed by atoms with Gasteiger partial charge in [-0.15, -0.1) is 0 Å². The van der Waals surface area contributed by atoms with Crippen molar-refractivity contribution < 1.29 is 15.1 Å². The normalized spacial score (nSPS) is 9.18. The van der Waals surface area contributed by atoms with Crippen molar-refractivity contribution in [3.05, 3.63) is 69.3 Å². The number of carbonyl (C=O) groups excluding carboxylic acids is 2. The summed E-state index contributed by atoms with van der Waals surface area (Å²) in [6, 6.07) is 9.93. The topological polar surface area (TPSA) is 65.6 Å². The maximum absolute atomic E-state index is 12.3. The first kappa shape index (κ1) is 28.0. The number of hydrogen-bond donors (Lipinski definition) is 0. The van der Waals surface area contributed by atoms with Crippen LogP contribution in [-0.4, -0.2) is 17.0 Å². The van der Waals surface area contributed by atoms with Crippen molar-refractivity contribution in [1.29, 1.82) is 0 Å². The highest BCUT2D eigenvalue weighted by molar-refractivity contribution is 5.98. The molecule has 0 fully saturated rings. The Kier molecular flexibility index (Phi) is 13.8. The number of benzene rings is 2. The molecule has 0 bridgehead atoms. The average Bonchev–Trinajstić information content (AvgIpc) is 2.68. The number of Topliss-reactive ketones (excluding diaryl/α,β-unsaturated/α-hetero) is 2. The Bertz CT molecular complexity index is 774. The highest BCUT2D eigenvalue weighted by atomic mass is 16.1.